The number of hydrogen-bond acceptors (Lipinski definition) is 4. The first-order chi connectivity index (χ1) is 10.0. The van der Waals surface area contributed by atoms with Crippen LogP contribution in [0.15, 0.2) is 23.2 Å². The van der Waals surface area contributed by atoms with Crippen LogP contribution in [0.2, 0.25) is 0 Å². The van der Waals surface area contributed by atoms with Crippen molar-refractivity contribution in [3.63, 3.8) is 0 Å². The molecular weight excluding hydrogens is 286 g/mol. The van der Waals surface area contributed by atoms with Crippen LogP contribution in [0.3, 0.4) is 0 Å². The molecule has 5 nitrogen and oxygen atoms in total. The normalized spacial score (nSPS) is 23.0. The lowest BCUT2D eigenvalue weighted by atomic mass is 9.85. The molecule has 1 aliphatic rings. The zero-order chi connectivity index (χ0) is 15.3. The molecule has 6 heteroatoms. The monoisotopic (exact) mass is 311 g/mol. The van der Waals surface area contributed by atoms with Crippen molar-refractivity contribution < 1.29 is 8.42 Å². The van der Waals surface area contributed by atoms with Gasteiger partial charge in [-0.3, -0.25) is 0 Å². The number of hydrogen-bond donors (Lipinski definition) is 2. The van der Waals surface area contributed by atoms with Crippen LogP contribution in [0.1, 0.15) is 46.0 Å². The topological polar surface area (TPSA) is 71.1 Å². The van der Waals surface area contributed by atoms with Crippen LogP contribution in [0, 0.1) is 5.92 Å². The van der Waals surface area contributed by atoms with Gasteiger partial charge in [-0.05, 0) is 44.6 Å². The maximum absolute atomic E-state index is 12.4. The van der Waals surface area contributed by atoms with E-state index in [0.29, 0.717) is 12.4 Å². The van der Waals surface area contributed by atoms with E-state index in [4.69, 9.17) is 0 Å². The second-order valence-electron chi connectivity index (χ2n) is 5.65. The molecule has 0 unspecified atom stereocenters. The Labute approximate surface area is 127 Å². The van der Waals surface area contributed by atoms with Gasteiger partial charge in [0, 0.05) is 24.8 Å². The molecule has 1 saturated carbocycles. The highest BCUT2D eigenvalue weighted by atomic mass is 32.2. The maximum Gasteiger partial charge on any atom is 0.241 e. The molecule has 21 heavy (non-hydrogen) atoms. The third-order valence-electron chi connectivity index (χ3n) is 4.15. The van der Waals surface area contributed by atoms with E-state index < -0.39 is 10.0 Å². The van der Waals surface area contributed by atoms with Crippen molar-refractivity contribution in [3.8, 4) is 0 Å². The number of nitrogens with one attached hydrogen (secondary N) is 2. The molecule has 1 aliphatic carbocycles. The lowest BCUT2D eigenvalue weighted by Gasteiger charge is -2.28. The molecule has 118 valence electrons. The van der Waals surface area contributed by atoms with Crippen LogP contribution in [-0.2, 0) is 10.0 Å². The van der Waals surface area contributed by atoms with Crippen molar-refractivity contribution in [1.29, 1.82) is 0 Å². The first-order valence-electron chi connectivity index (χ1n) is 7.77. The minimum atomic E-state index is -3.45. The van der Waals surface area contributed by atoms with Gasteiger partial charge in [0.15, 0.2) is 0 Å². The number of aromatic nitrogens is 1. The molecule has 1 fully saturated rings. The first-order valence-corrected chi connectivity index (χ1v) is 9.25. The number of nitrogens with zero attached hydrogens (tertiary/aromatic N) is 1. The van der Waals surface area contributed by atoms with Crippen LogP contribution in [0.5, 0.6) is 0 Å². The van der Waals surface area contributed by atoms with Crippen molar-refractivity contribution in [1.82, 2.24) is 9.71 Å². The molecular formula is C15H25N3O2S. The summed E-state index contributed by atoms with van der Waals surface area (Å²) in [6, 6.07) is 3.19. The van der Waals surface area contributed by atoms with Gasteiger partial charge in [-0.25, -0.2) is 18.1 Å². The molecule has 0 amide bonds. The van der Waals surface area contributed by atoms with E-state index in [1.807, 2.05) is 6.92 Å². The minimum absolute atomic E-state index is 0.0635. The van der Waals surface area contributed by atoms with Gasteiger partial charge < -0.3 is 5.32 Å². The van der Waals surface area contributed by atoms with Gasteiger partial charge in [-0.1, -0.05) is 13.3 Å². The van der Waals surface area contributed by atoms with Gasteiger partial charge >= 0.3 is 0 Å². The van der Waals surface area contributed by atoms with Crippen molar-refractivity contribution in [2.75, 3.05) is 11.9 Å². The summed E-state index contributed by atoms with van der Waals surface area (Å²) < 4.78 is 27.7. The Kier molecular flexibility index (Phi) is 5.58. The predicted molar refractivity (Wildman–Crippen MR) is 84.8 cm³/mol. The minimum Gasteiger partial charge on any atom is -0.370 e. The van der Waals surface area contributed by atoms with E-state index in [2.05, 4.69) is 21.9 Å². The number of anilines is 1. The molecule has 0 aromatic carbocycles. The molecule has 2 N–H and O–H groups in total. The third kappa shape index (κ3) is 4.41. The quantitative estimate of drug-likeness (QED) is 0.847. The zero-order valence-electron chi connectivity index (χ0n) is 12.8. The van der Waals surface area contributed by atoms with E-state index in [-0.39, 0.29) is 10.9 Å². The first kappa shape index (κ1) is 16.2. The van der Waals surface area contributed by atoms with Crippen molar-refractivity contribution >= 4 is 15.8 Å². The highest BCUT2D eigenvalue weighted by Gasteiger charge is 2.25. The van der Waals surface area contributed by atoms with Gasteiger partial charge in [-0.15, -0.1) is 0 Å². The molecule has 0 radical (unpaired) electrons. The van der Waals surface area contributed by atoms with E-state index >= 15 is 0 Å². The molecule has 0 aliphatic heterocycles. The molecule has 1 aromatic heterocycles. The Morgan fingerprint density at radius 3 is 2.57 bits per heavy atom. The van der Waals surface area contributed by atoms with E-state index in [1.54, 1.807) is 12.1 Å². The standard InChI is InChI=1S/C15H25N3O2S/c1-3-12-5-7-13(8-6-12)18-21(19,20)14-9-10-17-15(11-14)16-4-2/h9-13,18H,3-8H2,1-2H3,(H,16,17). The Hall–Kier alpha value is -1.14. The van der Waals surface area contributed by atoms with Gasteiger partial charge in [0.2, 0.25) is 10.0 Å². The summed E-state index contributed by atoms with van der Waals surface area (Å²) in [5, 5.41) is 3.03. The second-order valence-corrected chi connectivity index (χ2v) is 7.37. The fourth-order valence-corrected chi connectivity index (χ4v) is 4.15. The van der Waals surface area contributed by atoms with Crippen LogP contribution < -0.4 is 10.0 Å². The Balaban J connectivity index is 2.03. The zero-order valence-corrected chi connectivity index (χ0v) is 13.6. The summed E-state index contributed by atoms with van der Waals surface area (Å²) in [6.07, 6.45) is 6.81. The van der Waals surface area contributed by atoms with Crippen LogP contribution in [-0.4, -0.2) is 26.0 Å². The lowest BCUT2D eigenvalue weighted by Crippen LogP contribution is -2.37. The van der Waals surface area contributed by atoms with Gasteiger partial charge in [0.05, 0.1) is 4.90 Å². The molecule has 1 aromatic rings. The van der Waals surface area contributed by atoms with Crippen LogP contribution in [0.25, 0.3) is 0 Å². The number of pyridine rings is 1. The van der Waals surface area contributed by atoms with Gasteiger partial charge in [0.1, 0.15) is 5.82 Å². The smallest absolute Gasteiger partial charge is 0.241 e. The Morgan fingerprint density at radius 1 is 1.24 bits per heavy atom. The Morgan fingerprint density at radius 2 is 1.95 bits per heavy atom. The van der Waals surface area contributed by atoms with E-state index in [9.17, 15) is 8.42 Å². The summed E-state index contributed by atoms with van der Waals surface area (Å²) in [6.45, 7) is 4.87. The molecule has 0 atom stereocenters. The Bertz CT molecular complexity index is 552. The van der Waals surface area contributed by atoms with Crippen molar-refractivity contribution in [2.45, 2.75) is 56.9 Å². The van der Waals surface area contributed by atoms with Crippen molar-refractivity contribution in [2.24, 2.45) is 5.92 Å². The van der Waals surface area contributed by atoms with Crippen LogP contribution >= 0.6 is 0 Å². The van der Waals surface area contributed by atoms with E-state index in [0.717, 1.165) is 31.6 Å². The second kappa shape index (κ2) is 7.22. The average Bonchev–Trinajstić information content (AvgIpc) is 2.48. The summed E-state index contributed by atoms with van der Waals surface area (Å²) in [4.78, 5) is 4.39. The largest absolute Gasteiger partial charge is 0.370 e. The summed E-state index contributed by atoms with van der Waals surface area (Å²) in [7, 11) is -3.45. The van der Waals surface area contributed by atoms with Gasteiger partial charge in [0.25, 0.3) is 0 Å². The molecule has 0 spiro atoms. The molecule has 0 saturated heterocycles. The summed E-state index contributed by atoms with van der Waals surface area (Å²) >= 11 is 0. The fraction of sp³-hybridized carbons (Fsp3) is 0.667. The summed E-state index contributed by atoms with van der Waals surface area (Å²) in [5.41, 5.74) is 0. The van der Waals surface area contributed by atoms with Crippen LogP contribution in [0.4, 0.5) is 5.82 Å². The van der Waals surface area contributed by atoms with Gasteiger partial charge in [-0.2, -0.15) is 0 Å². The molecule has 0 bridgehead atoms. The highest BCUT2D eigenvalue weighted by molar-refractivity contribution is 7.89. The highest BCUT2D eigenvalue weighted by Crippen LogP contribution is 2.27. The lowest BCUT2D eigenvalue weighted by molar-refractivity contribution is 0.306. The predicted octanol–water partition coefficient (Wildman–Crippen LogP) is 2.76. The SMILES string of the molecule is CCNc1cc(S(=O)(=O)NC2CCC(CC)CC2)ccn1. The van der Waals surface area contributed by atoms with Crippen molar-refractivity contribution in [3.05, 3.63) is 18.3 Å². The number of sulfonamides is 1. The third-order valence-corrected chi connectivity index (χ3v) is 5.66. The maximum atomic E-state index is 12.4. The van der Waals surface area contributed by atoms with E-state index in [1.165, 1.54) is 12.6 Å². The average molecular weight is 311 g/mol. The fourth-order valence-electron chi connectivity index (χ4n) is 2.83. The summed E-state index contributed by atoms with van der Waals surface area (Å²) in [5.74, 6) is 1.35. The molecule has 2 rings (SSSR count). The molecule has 1 heterocycles. The number of rotatable bonds is 6.